The highest BCUT2D eigenvalue weighted by atomic mass is 79.9. The molecule has 1 aliphatic rings. The standard InChI is InChI=1S/C12H15BrFNO2/c1-17-10-6-9(14)8(11(13)12(10)16)5-7-3-2-4-15-7/h6-7,15-16H,2-5H2,1H3. The highest BCUT2D eigenvalue weighted by molar-refractivity contribution is 9.10. The molecule has 1 saturated heterocycles. The van der Waals surface area contributed by atoms with Crippen LogP contribution in [-0.4, -0.2) is 24.8 Å². The van der Waals surface area contributed by atoms with Crippen LogP contribution in [0, 0.1) is 5.82 Å². The van der Waals surface area contributed by atoms with Gasteiger partial charge in [-0.1, -0.05) is 0 Å². The molecule has 1 fully saturated rings. The molecule has 5 heteroatoms. The van der Waals surface area contributed by atoms with E-state index in [1.165, 1.54) is 13.2 Å². The van der Waals surface area contributed by atoms with Gasteiger partial charge in [0.05, 0.1) is 11.6 Å². The molecule has 17 heavy (non-hydrogen) atoms. The van der Waals surface area contributed by atoms with E-state index in [-0.39, 0.29) is 23.4 Å². The van der Waals surface area contributed by atoms with Crippen LogP contribution in [0.25, 0.3) is 0 Å². The fourth-order valence-corrected chi connectivity index (χ4v) is 2.69. The molecule has 1 atom stereocenters. The van der Waals surface area contributed by atoms with Gasteiger partial charge in [0.1, 0.15) is 5.82 Å². The van der Waals surface area contributed by atoms with E-state index < -0.39 is 0 Å². The van der Waals surface area contributed by atoms with Crippen molar-refractivity contribution in [2.45, 2.75) is 25.3 Å². The summed E-state index contributed by atoms with van der Waals surface area (Å²) >= 11 is 3.23. The number of phenols is 1. The molecule has 1 aromatic rings. The number of benzene rings is 1. The number of ether oxygens (including phenoxy) is 1. The molecule has 0 amide bonds. The van der Waals surface area contributed by atoms with Crippen molar-refractivity contribution in [3.8, 4) is 11.5 Å². The minimum Gasteiger partial charge on any atom is -0.503 e. The maximum absolute atomic E-state index is 13.9. The van der Waals surface area contributed by atoms with Crippen LogP contribution in [0.5, 0.6) is 11.5 Å². The van der Waals surface area contributed by atoms with E-state index in [1.54, 1.807) is 0 Å². The number of phenolic OH excluding ortho intramolecular Hbond substituents is 1. The fourth-order valence-electron chi connectivity index (χ4n) is 2.15. The van der Waals surface area contributed by atoms with Crippen molar-refractivity contribution in [2.75, 3.05) is 13.7 Å². The van der Waals surface area contributed by atoms with Crippen molar-refractivity contribution in [1.29, 1.82) is 0 Å². The Kier molecular flexibility index (Phi) is 3.89. The van der Waals surface area contributed by atoms with Crippen LogP contribution in [0.2, 0.25) is 0 Å². The van der Waals surface area contributed by atoms with Crippen LogP contribution < -0.4 is 10.1 Å². The second-order valence-electron chi connectivity index (χ2n) is 4.20. The quantitative estimate of drug-likeness (QED) is 0.902. The van der Waals surface area contributed by atoms with Gasteiger partial charge < -0.3 is 15.2 Å². The van der Waals surface area contributed by atoms with Crippen molar-refractivity contribution in [2.24, 2.45) is 0 Å². The second-order valence-corrected chi connectivity index (χ2v) is 4.99. The van der Waals surface area contributed by atoms with E-state index in [1.807, 2.05) is 0 Å². The smallest absolute Gasteiger partial charge is 0.172 e. The Morgan fingerprint density at radius 3 is 3.00 bits per heavy atom. The number of hydrogen-bond donors (Lipinski definition) is 2. The van der Waals surface area contributed by atoms with Gasteiger partial charge in [-0.2, -0.15) is 0 Å². The van der Waals surface area contributed by atoms with Gasteiger partial charge in [0.25, 0.3) is 0 Å². The molecule has 1 unspecified atom stereocenters. The Labute approximate surface area is 108 Å². The predicted octanol–water partition coefficient (Wildman–Crippen LogP) is 2.60. The molecule has 2 N–H and O–H groups in total. The highest BCUT2D eigenvalue weighted by Crippen LogP contribution is 2.39. The summed E-state index contributed by atoms with van der Waals surface area (Å²) in [4.78, 5) is 0. The fraction of sp³-hybridized carbons (Fsp3) is 0.500. The number of methoxy groups -OCH3 is 1. The molecule has 94 valence electrons. The Morgan fingerprint density at radius 2 is 2.41 bits per heavy atom. The predicted molar refractivity (Wildman–Crippen MR) is 67.0 cm³/mol. The monoisotopic (exact) mass is 303 g/mol. The summed E-state index contributed by atoms with van der Waals surface area (Å²) in [5.74, 6) is -0.236. The van der Waals surface area contributed by atoms with Gasteiger partial charge in [0.2, 0.25) is 0 Å². The van der Waals surface area contributed by atoms with Crippen LogP contribution in [0.3, 0.4) is 0 Å². The third-order valence-corrected chi connectivity index (χ3v) is 3.94. The van der Waals surface area contributed by atoms with Crippen LogP contribution in [0.4, 0.5) is 4.39 Å². The van der Waals surface area contributed by atoms with E-state index in [2.05, 4.69) is 21.2 Å². The van der Waals surface area contributed by atoms with Gasteiger partial charge in [0, 0.05) is 17.7 Å². The van der Waals surface area contributed by atoms with Crippen molar-refractivity contribution in [3.05, 3.63) is 21.9 Å². The van der Waals surface area contributed by atoms with Gasteiger partial charge in [0.15, 0.2) is 11.5 Å². The normalized spacial score (nSPS) is 19.6. The topological polar surface area (TPSA) is 41.5 Å². The lowest BCUT2D eigenvalue weighted by atomic mass is 10.0. The van der Waals surface area contributed by atoms with Crippen molar-refractivity contribution in [3.63, 3.8) is 0 Å². The van der Waals surface area contributed by atoms with E-state index in [0.29, 0.717) is 16.5 Å². The van der Waals surface area contributed by atoms with Gasteiger partial charge >= 0.3 is 0 Å². The Balaban J connectivity index is 2.29. The van der Waals surface area contributed by atoms with Crippen LogP contribution in [-0.2, 0) is 6.42 Å². The van der Waals surface area contributed by atoms with Crippen LogP contribution in [0.15, 0.2) is 10.5 Å². The molecule has 0 bridgehead atoms. The summed E-state index contributed by atoms with van der Waals surface area (Å²) in [6, 6.07) is 1.51. The summed E-state index contributed by atoms with van der Waals surface area (Å²) in [7, 11) is 1.40. The molecule has 0 radical (unpaired) electrons. The lowest BCUT2D eigenvalue weighted by molar-refractivity contribution is 0.367. The lowest BCUT2D eigenvalue weighted by Gasteiger charge is -2.15. The molecule has 1 aliphatic heterocycles. The summed E-state index contributed by atoms with van der Waals surface area (Å²) in [5, 5.41) is 13.1. The number of hydrogen-bond acceptors (Lipinski definition) is 3. The average Bonchev–Trinajstić information content (AvgIpc) is 2.82. The summed E-state index contributed by atoms with van der Waals surface area (Å²) in [6.07, 6.45) is 2.73. The molecule has 0 saturated carbocycles. The van der Waals surface area contributed by atoms with E-state index >= 15 is 0 Å². The summed E-state index contributed by atoms with van der Waals surface area (Å²) in [6.45, 7) is 0.978. The first-order valence-electron chi connectivity index (χ1n) is 5.60. The lowest BCUT2D eigenvalue weighted by Crippen LogP contribution is -2.24. The molecular weight excluding hydrogens is 289 g/mol. The first-order chi connectivity index (χ1) is 8.13. The zero-order valence-electron chi connectivity index (χ0n) is 9.59. The van der Waals surface area contributed by atoms with Crippen molar-refractivity contribution >= 4 is 15.9 Å². The first kappa shape index (κ1) is 12.6. The van der Waals surface area contributed by atoms with Gasteiger partial charge in [-0.3, -0.25) is 0 Å². The summed E-state index contributed by atoms with van der Waals surface area (Å²) in [5.41, 5.74) is 0.503. The third-order valence-electron chi connectivity index (χ3n) is 3.09. The maximum Gasteiger partial charge on any atom is 0.172 e. The molecule has 2 rings (SSSR count). The van der Waals surface area contributed by atoms with Gasteiger partial charge in [-0.05, 0) is 41.7 Å². The van der Waals surface area contributed by atoms with Crippen LogP contribution in [0.1, 0.15) is 18.4 Å². The molecule has 1 heterocycles. The number of halogens is 2. The Bertz CT molecular complexity index is 419. The second kappa shape index (κ2) is 5.23. The third kappa shape index (κ3) is 2.55. The molecular formula is C12H15BrFNO2. The minimum atomic E-state index is -0.347. The zero-order chi connectivity index (χ0) is 12.4. The summed E-state index contributed by atoms with van der Waals surface area (Å²) < 4.78 is 19.2. The molecule has 3 nitrogen and oxygen atoms in total. The average molecular weight is 304 g/mol. The Morgan fingerprint density at radius 1 is 1.65 bits per heavy atom. The maximum atomic E-state index is 13.9. The van der Waals surface area contributed by atoms with Crippen molar-refractivity contribution in [1.82, 2.24) is 5.32 Å². The molecule has 1 aromatic carbocycles. The van der Waals surface area contributed by atoms with Crippen LogP contribution >= 0.6 is 15.9 Å². The van der Waals surface area contributed by atoms with Crippen molar-refractivity contribution < 1.29 is 14.2 Å². The molecule has 0 aromatic heterocycles. The van der Waals surface area contributed by atoms with Gasteiger partial charge in [-0.15, -0.1) is 0 Å². The number of nitrogens with one attached hydrogen (secondary N) is 1. The Hall–Kier alpha value is -0.810. The van der Waals surface area contributed by atoms with E-state index in [4.69, 9.17) is 4.74 Å². The largest absolute Gasteiger partial charge is 0.503 e. The molecule has 0 aliphatic carbocycles. The SMILES string of the molecule is COc1cc(F)c(CC2CCCN2)c(Br)c1O. The molecule has 0 spiro atoms. The number of rotatable bonds is 3. The number of aromatic hydroxyl groups is 1. The van der Waals surface area contributed by atoms with E-state index in [9.17, 15) is 9.50 Å². The first-order valence-corrected chi connectivity index (χ1v) is 6.40. The van der Waals surface area contributed by atoms with E-state index in [0.717, 1.165) is 19.4 Å². The zero-order valence-corrected chi connectivity index (χ0v) is 11.2. The van der Waals surface area contributed by atoms with Gasteiger partial charge in [-0.25, -0.2) is 4.39 Å². The minimum absolute atomic E-state index is 0.0399. The highest BCUT2D eigenvalue weighted by Gasteiger charge is 2.21.